The molecule has 2 rings (SSSR count). The summed E-state index contributed by atoms with van der Waals surface area (Å²) in [4.78, 5) is 11.0. The van der Waals surface area contributed by atoms with E-state index in [4.69, 9.17) is 13.9 Å². The zero-order valence-electron chi connectivity index (χ0n) is 8.53. The Balaban J connectivity index is 2.51. The van der Waals surface area contributed by atoms with Crippen molar-refractivity contribution in [3.63, 3.8) is 0 Å². The SMILES string of the molecule is COCOc1cc2oc(=O)ccc2cc1Br. The van der Waals surface area contributed by atoms with Crippen LogP contribution in [0.25, 0.3) is 11.0 Å². The van der Waals surface area contributed by atoms with E-state index in [-0.39, 0.29) is 12.4 Å². The molecule has 0 aliphatic heterocycles. The topological polar surface area (TPSA) is 48.7 Å². The molecule has 16 heavy (non-hydrogen) atoms. The maximum Gasteiger partial charge on any atom is 0.336 e. The summed E-state index contributed by atoms with van der Waals surface area (Å²) in [6.45, 7) is 0.140. The molecule has 1 aromatic carbocycles. The number of halogens is 1. The van der Waals surface area contributed by atoms with E-state index in [1.807, 2.05) is 6.07 Å². The Labute approximate surface area is 99.9 Å². The maximum absolute atomic E-state index is 11.0. The van der Waals surface area contributed by atoms with Gasteiger partial charge in [0.2, 0.25) is 0 Å². The van der Waals surface area contributed by atoms with E-state index in [2.05, 4.69) is 15.9 Å². The van der Waals surface area contributed by atoms with Gasteiger partial charge in [0.05, 0.1) is 4.47 Å². The van der Waals surface area contributed by atoms with E-state index < -0.39 is 0 Å². The standard InChI is InChI=1S/C11H9BrO4/c1-14-6-15-10-5-9-7(4-8(10)12)2-3-11(13)16-9/h2-5H,6H2,1H3. The summed E-state index contributed by atoms with van der Waals surface area (Å²) in [7, 11) is 1.54. The van der Waals surface area contributed by atoms with E-state index in [1.54, 1.807) is 12.1 Å². The van der Waals surface area contributed by atoms with Crippen molar-refractivity contribution in [1.29, 1.82) is 0 Å². The van der Waals surface area contributed by atoms with Crippen LogP contribution in [-0.2, 0) is 4.74 Å². The lowest BCUT2D eigenvalue weighted by molar-refractivity contribution is 0.0506. The van der Waals surface area contributed by atoms with Crippen LogP contribution >= 0.6 is 15.9 Å². The van der Waals surface area contributed by atoms with Crippen LogP contribution in [0, 0.1) is 0 Å². The highest BCUT2D eigenvalue weighted by molar-refractivity contribution is 9.10. The molecule has 0 saturated carbocycles. The third-order valence-electron chi connectivity index (χ3n) is 2.01. The molecule has 0 aliphatic carbocycles. The zero-order chi connectivity index (χ0) is 11.5. The Kier molecular flexibility index (Phi) is 3.26. The quantitative estimate of drug-likeness (QED) is 0.642. The highest BCUT2D eigenvalue weighted by Crippen LogP contribution is 2.29. The Morgan fingerprint density at radius 1 is 1.38 bits per heavy atom. The van der Waals surface area contributed by atoms with Gasteiger partial charge in [-0.3, -0.25) is 0 Å². The number of ether oxygens (including phenoxy) is 2. The molecule has 0 radical (unpaired) electrons. The van der Waals surface area contributed by atoms with Gasteiger partial charge in [-0.15, -0.1) is 0 Å². The van der Waals surface area contributed by atoms with E-state index >= 15 is 0 Å². The lowest BCUT2D eigenvalue weighted by Crippen LogP contribution is -2.00. The van der Waals surface area contributed by atoms with Crippen LogP contribution in [0.1, 0.15) is 0 Å². The molecular formula is C11H9BrO4. The van der Waals surface area contributed by atoms with E-state index in [0.717, 1.165) is 9.86 Å². The highest BCUT2D eigenvalue weighted by atomic mass is 79.9. The number of fused-ring (bicyclic) bond motifs is 1. The van der Waals surface area contributed by atoms with Crippen LogP contribution in [0.15, 0.2) is 37.9 Å². The molecular weight excluding hydrogens is 276 g/mol. The van der Waals surface area contributed by atoms with Crippen LogP contribution in [0.5, 0.6) is 5.75 Å². The zero-order valence-corrected chi connectivity index (χ0v) is 10.1. The normalized spacial score (nSPS) is 10.6. The molecule has 0 unspecified atom stereocenters. The van der Waals surface area contributed by atoms with Crippen LogP contribution in [0.3, 0.4) is 0 Å². The average molecular weight is 285 g/mol. The van der Waals surface area contributed by atoms with Crippen LogP contribution in [0.2, 0.25) is 0 Å². The van der Waals surface area contributed by atoms with Crippen LogP contribution in [-0.4, -0.2) is 13.9 Å². The number of hydrogen-bond acceptors (Lipinski definition) is 4. The molecule has 0 bridgehead atoms. The molecule has 0 N–H and O–H groups in total. The summed E-state index contributed by atoms with van der Waals surface area (Å²) in [5.41, 5.74) is 0.106. The Morgan fingerprint density at radius 3 is 2.94 bits per heavy atom. The first-order valence-electron chi connectivity index (χ1n) is 4.56. The third-order valence-corrected chi connectivity index (χ3v) is 2.63. The van der Waals surface area contributed by atoms with Crippen LogP contribution < -0.4 is 10.4 Å². The predicted octanol–water partition coefficient (Wildman–Crippen LogP) is 2.54. The third kappa shape index (κ3) is 2.25. The lowest BCUT2D eigenvalue weighted by Gasteiger charge is -2.07. The Bertz CT molecular complexity index is 561. The summed E-state index contributed by atoms with van der Waals surface area (Å²) in [6, 6.07) is 6.56. The Hall–Kier alpha value is -1.33. The predicted molar refractivity (Wildman–Crippen MR) is 62.7 cm³/mol. The van der Waals surface area contributed by atoms with E-state index in [1.165, 1.54) is 13.2 Å². The summed E-state index contributed by atoms with van der Waals surface area (Å²) in [5, 5.41) is 0.830. The van der Waals surface area contributed by atoms with Crippen molar-refractivity contribution < 1.29 is 13.9 Å². The fourth-order valence-corrected chi connectivity index (χ4v) is 1.78. The van der Waals surface area contributed by atoms with Gasteiger partial charge in [0.1, 0.15) is 11.3 Å². The molecule has 0 spiro atoms. The van der Waals surface area contributed by atoms with Gasteiger partial charge in [-0.1, -0.05) is 0 Å². The molecule has 0 fully saturated rings. The van der Waals surface area contributed by atoms with E-state index in [0.29, 0.717) is 11.3 Å². The molecule has 1 heterocycles. The minimum Gasteiger partial charge on any atom is -0.466 e. The minimum absolute atomic E-state index is 0.140. The second-order valence-electron chi connectivity index (χ2n) is 3.13. The molecule has 0 aliphatic rings. The van der Waals surface area contributed by atoms with Crippen molar-refractivity contribution in [1.82, 2.24) is 0 Å². The van der Waals surface area contributed by atoms with Crippen molar-refractivity contribution in [3.05, 3.63) is 39.2 Å². The first-order chi connectivity index (χ1) is 7.70. The molecule has 2 aromatic rings. The minimum atomic E-state index is -0.382. The van der Waals surface area contributed by atoms with Crippen LogP contribution in [0.4, 0.5) is 0 Å². The number of rotatable bonds is 3. The fourth-order valence-electron chi connectivity index (χ4n) is 1.30. The summed E-state index contributed by atoms with van der Waals surface area (Å²) in [6.07, 6.45) is 0. The number of benzene rings is 1. The van der Waals surface area contributed by atoms with Crippen molar-refractivity contribution >= 4 is 26.9 Å². The first-order valence-corrected chi connectivity index (χ1v) is 5.35. The van der Waals surface area contributed by atoms with Gasteiger partial charge in [-0.25, -0.2) is 4.79 Å². The van der Waals surface area contributed by atoms with Crippen molar-refractivity contribution in [3.8, 4) is 5.75 Å². The van der Waals surface area contributed by atoms with Crippen molar-refractivity contribution in [2.45, 2.75) is 0 Å². The average Bonchev–Trinajstić information content (AvgIpc) is 2.27. The molecule has 0 atom stereocenters. The van der Waals surface area contributed by atoms with Gasteiger partial charge in [-0.2, -0.15) is 0 Å². The fraction of sp³-hybridized carbons (Fsp3) is 0.182. The van der Waals surface area contributed by atoms with Gasteiger partial charge in [0, 0.05) is 24.6 Å². The van der Waals surface area contributed by atoms with Gasteiger partial charge < -0.3 is 13.9 Å². The number of methoxy groups -OCH3 is 1. The molecule has 4 nitrogen and oxygen atoms in total. The summed E-state index contributed by atoms with van der Waals surface area (Å²) >= 11 is 3.37. The maximum atomic E-state index is 11.0. The van der Waals surface area contributed by atoms with E-state index in [9.17, 15) is 4.79 Å². The molecule has 84 valence electrons. The van der Waals surface area contributed by atoms with Gasteiger partial charge in [0.25, 0.3) is 0 Å². The Morgan fingerprint density at radius 2 is 2.19 bits per heavy atom. The second-order valence-corrected chi connectivity index (χ2v) is 3.98. The van der Waals surface area contributed by atoms with Gasteiger partial charge in [-0.05, 0) is 28.1 Å². The smallest absolute Gasteiger partial charge is 0.336 e. The second kappa shape index (κ2) is 4.67. The van der Waals surface area contributed by atoms with Gasteiger partial charge >= 0.3 is 5.63 Å². The number of hydrogen-bond donors (Lipinski definition) is 0. The molecule has 0 amide bonds. The first kappa shape index (κ1) is 11.2. The molecule has 0 saturated heterocycles. The summed E-state index contributed by atoms with van der Waals surface area (Å²) in [5.74, 6) is 0.573. The van der Waals surface area contributed by atoms with Crippen molar-refractivity contribution in [2.75, 3.05) is 13.9 Å². The molecule has 1 aromatic heterocycles. The monoisotopic (exact) mass is 284 g/mol. The molecule has 5 heteroatoms. The summed E-state index contributed by atoms with van der Waals surface area (Å²) < 4.78 is 15.9. The highest BCUT2D eigenvalue weighted by Gasteiger charge is 2.05. The van der Waals surface area contributed by atoms with Crippen molar-refractivity contribution in [2.24, 2.45) is 0 Å². The van der Waals surface area contributed by atoms with Gasteiger partial charge in [0.15, 0.2) is 6.79 Å². The largest absolute Gasteiger partial charge is 0.466 e. The lowest BCUT2D eigenvalue weighted by atomic mass is 10.2.